The number of carbonyl (C=O) groups excluding carboxylic acids is 2. The van der Waals surface area contributed by atoms with E-state index in [1.54, 1.807) is 24.3 Å². The van der Waals surface area contributed by atoms with Crippen LogP contribution in [0, 0.1) is 5.92 Å². The van der Waals surface area contributed by atoms with Crippen LogP contribution in [0.15, 0.2) is 60.7 Å². The lowest BCUT2D eigenvalue weighted by Gasteiger charge is -2.17. The highest BCUT2D eigenvalue weighted by Gasteiger charge is 2.29. The van der Waals surface area contributed by atoms with Crippen molar-refractivity contribution in [3.63, 3.8) is 0 Å². The maximum absolute atomic E-state index is 13.0. The molecule has 1 aromatic heterocycles. The van der Waals surface area contributed by atoms with Gasteiger partial charge in [0.2, 0.25) is 17.8 Å². The van der Waals surface area contributed by atoms with Gasteiger partial charge in [-0.15, -0.1) is 0 Å². The van der Waals surface area contributed by atoms with Gasteiger partial charge in [-0.2, -0.15) is 28.1 Å². The van der Waals surface area contributed by atoms with Gasteiger partial charge in [0.25, 0.3) is 5.91 Å². The maximum atomic E-state index is 13.0. The summed E-state index contributed by atoms with van der Waals surface area (Å²) in [6.07, 6.45) is 2.41. The van der Waals surface area contributed by atoms with Gasteiger partial charge in [0.1, 0.15) is 5.75 Å². The number of nitrogens with zero attached hydrogens (tertiary/aromatic N) is 3. The van der Waals surface area contributed by atoms with E-state index in [0.29, 0.717) is 43.2 Å². The lowest BCUT2D eigenvalue weighted by atomic mass is 10.0. The lowest BCUT2D eigenvalue weighted by molar-refractivity contribution is -0.154. The van der Waals surface area contributed by atoms with Crippen molar-refractivity contribution in [1.82, 2.24) is 30.9 Å². The molecule has 0 saturated carbocycles. The number of aromatic nitrogens is 3. The number of fused-ring (bicyclic) bond motifs is 2. The molecular formula is C32H37F3N8O4. The highest BCUT2D eigenvalue weighted by molar-refractivity contribution is 5.95. The van der Waals surface area contributed by atoms with Crippen LogP contribution in [0.1, 0.15) is 41.6 Å². The van der Waals surface area contributed by atoms with E-state index in [1.165, 1.54) is 6.08 Å². The molecule has 6 bridgehead atoms. The van der Waals surface area contributed by atoms with Crippen LogP contribution in [0.3, 0.4) is 0 Å². The summed E-state index contributed by atoms with van der Waals surface area (Å²) in [6.45, 7) is 1.04. The summed E-state index contributed by atoms with van der Waals surface area (Å²) in [5, 5.41) is 15.1. The monoisotopic (exact) mass is 654 g/mol. The Bertz CT molecular complexity index is 1520. The standard InChI is InChI=1S/C32H37F3N8O4/c33-32(34,35)20-47-31-42-29-38-17-21-5-12-25(13-6-21)46-16-4-2-1-3-15-37-27(44)14-9-23-18-36-19-26(23)40-28(45)22-7-10-24(11-8-22)39-30(41-29)43-31/h5-14,23,26,36H,1-4,15-20H2,(H,37,44)(H,40,45)(H2,38,39,41,42,43)/b14-9+/t23-,26-/m0/s1. The van der Waals surface area contributed by atoms with Crippen LogP contribution < -0.4 is 36.1 Å². The second kappa shape index (κ2) is 16.1. The summed E-state index contributed by atoms with van der Waals surface area (Å²) in [6, 6.07) is 13.1. The first kappa shape index (κ1) is 33.4. The van der Waals surface area contributed by atoms with Gasteiger partial charge in [0, 0.05) is 49.4 Å². The van der Waals surface area contributed by atoms with Gasteiger partial charge < -0.3 is 36.1 Å². The molecule has 2 amide bonds. The van der Waals surface area contributed by atoms with Gasteiger partial charge >= 0.3 is 12.2 Å². The number of carbonyl (C=O) groups is 2. The SMILES string of the molecule is O=C1/C=C/[C@H]2CNC[C@@H]2NC(=O)c2ccc(cc2)Nc2nc(nc(OCC(F)(F)F)n2)NCc2ccc(cc2)OCCCCCCN1. The van der Waals surface area contributed by atoms with E-state index in [0.717, 1.165) is 31.2 Å². The Hall–Kier alpha value is -4.92. The Morgan fingerprint density at radius 1 is 0.872 bits per heavy atom. The fourth-order valence-electron chi connectivity index (χ4n) is 4.98. The molecule has 5 heterocycles. The molecule has 0 spiro atoms. The quantitative estimate of drug-likeness (QED) is 0.273. The molecule has 7 rings (SSSR count). The van der Waals surface area contributed by atoms with E-state index in [2.05, 4.69) is 41.5 Å². The van der Waals surface area contributed by atoms with Crippen molar-refractivity contribution >= 4 is 29.4 Å². The molecule has 0 unspecified atom stereocenters. The normalized spacial score (nSPS) is 20.6. The van der Waals surface area contributed by atoms with Crippen LogP contribution in [0.4, 0.5) is 30.8 Å². The topological polar surface area (TPSA) is 151 Å². The van der Waals surface area contributed by atoms with Crippen molar-refractivity contribution in [1.29, 1.82) is 0 Å². The van der Waals surface area contributed by atoms with Gasteiger partial charge in [0.05, 0.1) is 6.61 Å². The number of amides is 2. The minimum Gasteiger partial charge on any atom is -0.494 e. The molecule has 5 N–H and O–H groups in total. The molecule has 250 valence electrons. The summed E-state index contributed by atoms with van der Waals surface area (Å²) in [5.74, 6) is 0.156. The fraction of sp³-hybridized carbons (Fsp3) is 0.406. The number of alkyl halides is 3. The second-order valence-electron chi connectivity index (χ2n) is 11.2. The van der Waals surface area contributed by atoms with Crippen molar-refractivity contribution in [2.45, 2.75) is 44.4 Å². The third-order valence-corrected chi connectivity index (χ3v) is 7.47. The van der Waals surface area contributed by atoms with Crippen LogP contribution in [0.5, 0.6) is 11.8 Å². The van der Waals surface area contributed by atoms with Crippen LogP contribution in [-0.2, 0) is 11.3 Å². The van der Waals surface area contributed by atoms with Crippen LogP contribution >= 0.6 is 0 Å². The van der Waals surface area contributed by atoms with E-state index in [1.807, 2.05) is 30.3 Å². The van der Waals surface area contributed by atoms with Crippen molar-refractivity contribution in [3.8, 4) is 11.8 Å². The molecule has 4 aliphatic rings. The molecule has 1 saturated heterocycles. The summed E-state index contributed by atoms with van der Waals surface area (Å²) < 4.78 is 49.2. The average molecular weight is 655 g/mol. The van der Waals surface area contributed by atoms with E-state index in [-0.39, 0.29) is 42.2 Å². The van der Waals surface area contributed by atoms with Gasteiger partial charge in [-0.1, -0.05) is 31.1 Å². The number of benzene rings is 2. The van der Waals surface area contributed by atoms with E-state index in [9.17, 15) is 22.8 Å². The van der Waals surface area contributed by atoms with Crippen molar-refractivity contribution in [3.05, 3.63) is 71.8 Å². The average Bonchev–Trinajstić information content (AvgIpc) is 3.49. The molecule has 2 aromatic carbocycles. The third kappa shape index (κ3) is 10.8. The number of halogens is 3. The van der Waals surface area contributed by atoms with E-state index in [4.69, 9.17) is 9.47 Å². The fourth-order valence-corrected chi connectivity index (χ4v) is 4.98. The number of hydrogen-bond acceptors (Lipinski definition) is 10. The summed E-state index contributed by atoms with van der Waals surface area (Å²) in [5.41, 5.74) is 1.74. The van der Waals surface area contributed by atoms with E-state index < -0.39 is 18.8 Å². The van der Waals surface area contributed by atoms with Crippen LogP contribution in [-0.4, -0.2) is 71.8 Å². The molecule has 12 nitrogen and oxygen atoms in total. The Kier molecular flexibility index (Phi) is 11.4. The Balaban J connectivity index is 1.32. The molecule has 15 heteroatoms. The maximum Gasteiger partial charge on any atom is 0.422 e. The predicted octanol–water partition coefficient (Wildman–Crippen LogP) is 4.11. The zero-order valence-corrected chi connectivity index (χ0v) is 25.6. The van der Waals surface area contributed by atoms with Gasteiger partial charge in [0.15, 0.2) is 6.61 Å². The molecule has 1 fully saturated rings. The number of ether oxygens (including phenoxy) is 2. The number of hydrogen-bond donors (Lipinski definition) is 5. The Labute approximate surface area is 270 Å². The van der Waals surface area contributed by atoms with Crippen molar-refractivity contribution in [2.24, 2.45) is 5.92 Å². The summed E-state index contributed by atoms with van der Waals surface area (Å²) in [4.78, 5) is 37.6. The smallest absolute Gasteiger partial charge is 0.422 e. The number of rotatable bonds is 2. The first-order chi connectivity index (χ1) is 22.7. The first-order valence-electron chi connectivity index (χ1n) is 15.5. The second-order valence-corrected chi connectivity index (χ2v) is 11.2. The van der Waals surface area contributed by atoms with Crippen LogP contribution in [0.25, 0.3) is 0 Å². The molecule has 47 heavy (non-hydrogen) atoms. The number of nitrogens with one attached hydrogen (secondary N) is 5. The predicted molar refractivity (Wildman–Crippen MR) is 169 cm³/mol. The zero-order valence-electron chi connectivity index (χ0n) is 25.6. The van der Waals surface area contributed by atoms with Crippen LogP contribution in [0.2, 0.25) is 0 Å². The first-order valence-corrected chi connectivity index (χ1v) is 15.5. The van der Waals surface area contributed by atoms with Gasteiger partial charge in [-0.25, -0.2) is 0 Å². The van der Waals surface area contributed by atoms with Crippen molar-refractivity contribution in [2.75, 3.05) is 43.5 Å². The van der Waals surface area contributed by atoms with Crippen molar-refractivity contribution < 1.29 is 32.2 Å². The largest absolute Gasteiger partial charge is 0.494 e. The Morgan fingerprint density at radius 2 is 1.64 bits per heavy atom. The molecule has 0 radical (unpaired) electrons. The minimum atomic E-state index is -4.58. The molecule has 2 atom stereocenters. The zero-order chi connectivity index (χ0) is 33.1. The highest BCUT2D eigenvalue weighted by Crippen LogP contribution is 2.21. The van der Waals surface area contributed by atoms with Gasteiger partial charge in [-0.3, -0.25) is 9.59 Å². The van der Waals surface area contributed by atoms with Gasteiger partial charge in [-0.05, 0) is 60.9 Å². The molecule has 0 aliphatic carbocycles. The minimum absolute atomic E-state index is 0.00522. The summed E-state index contributed by atoms with van der Waals surface area (Å²) in [7, 11) is 0. The Morgan fingerprint density at radius 3 is 2.43 bits per heavy atom. The molecule has 4 aliphatic heterocycles. The summed E-state index contributed by atoms with van der Waals surface area (Å²) >= 11 is 0. The number of anilines is 3. The molecule has 3 aromatic rings. The molecular weight excluding hydrogens is 617 g/mol. The third-order valence-electron chi connectivity index (χ3n) is 7.47. The highest BCUT2D eigenvalue weighted by atomic mass is 19.4. The van der Waals surface area contributed by atoms with E-state index >= 15 is 0 Å². The lowest BCUT2D eigenvalue weighted by Crippen LogP contribution is -2.39.